The number of aryl methyl sites for hydroxylation is 1. The minimum absolute atomic E-state index is 0.156. The molecule has 3 heterocycles. The maximum Gasteiger partial charge on any atom is 0.291 e. The molecule has 1 atom stereocenters. The summed E-state index contributed by atoms with van der Waals surface area (Å²) < 4.78 is 10.8. The maximum atomic E-state index is 12.7. The molecule has 1 aliphatic rings. The second-order valence-electron chi connectivity index (χ2n) is 7.15. The first-order valence-electron chi connectivity index (χ1n) is 9.67. The standard InChI is InChI=1S/C22H22Cl2N2O3S/c1-13-14(2)30-22(25-21(27)17-7-4-10-29-17)18(13)20(26-8-11-28-12-9-26)15-5-3-6-16(23)19(15)24/h3-7,10,20H,8-9,11-12H2,1-2H3,(H,25,27)/t20-/m0/s1. The van der Waals surface area contributed by atoms with Gasteiger partial charge in [0.15, 0.2) is 5.76 Å². The number of morpholine rings is 1. The molecule has 0 saturated carbocycles. The summed E-state index contributed by atoms with van der Waals surface area (Å²) in [6, 6.07) is 8.89. The number of ether oxygens (including phenoxy) is 1. The summed E-state index contributed by atoms with van der Waals surface area (Å²) in [7, 11) is 0. The molecule has 3 aromatic rings. The lowest BCUT2D eigenvalue weighted by Crippen LogP contribution is -2.40. The number of carbonyl (C=O) groups excluding carboxylic acids is 1. The Balaban J connectivity index is 1.82. The molecular formula is C22H22Cl2N2O3S. The highest BCUT2D eigenvalue weighted by molar-refractivity contribution is 7.16. The molecule has 2 aromatic heterocycles. The van der Waals surface area contributed by atoms with Crippen LogP contribution in [0.15, 0.2) is 41.0 Å². The van der Waals surface area contributed by atoms with Gasteiger partial charge in [-0.3, -0.25) is 9.69 Å². The molecule has 1 N–H and O–H groups in total. The van der Waals surface area contributed by atoms with Crippen molar-refractivity contribution in [2.75, 3.05) is 31.6 Å². The van der Waals surface area contributed by atoms with E-state index in [4.69, 9.17) is 32.4 Å². The average Bonchev–Trinajstić information content (AvgIpc) is 3.37. The Kier molecular flexibility index (Phi) is 6.51. The van der Waals surface area contributed by atoms with Crippen molar-refractivity contribution < 1.29 is 13.9 Å². The van der Waals surface area contributed by atoms with E-state index in [9.17, 15) is 4.79 Å². The van der Waals surface area contributed by atoms with E-state index in [-0.39, 0.29) is 17.7 Å². The Morgan fingerprint density at radius 2 is 1.93 bits per heavy atom. The number of anilines is 1. The molecule has 0 spiro atoms. The van der Waals surface area contributed by atoms with Crippen molar-refractivity contribution in [3.05, 3.63) is 74.0 Å². The van der Waals surface area contributed by atoms with Gasteiger partial charge in [0.2, 0.25) is 0 Å². The van der Waals surface area contributed by atoms with Gasteiger partial charge in [0, 0.05) is 23.5 Å². The predicted octanol–water partition coefficient (Wildman–Crippen LogP) is 5.94. The Hall–Kier alpha value is -1.83. The number of amides is 1. The van der Waals surface area contributed by atoms with Gasteiger partial charge in [0.05, 0.1) is 35.6 Å². The monoisotopic (exact) mass is 464 g/mol. The van der Waals surface area contributed by atoms with E-state index >= 15 is 0 Å². The topological polar surface area (TPSA) is 54.7 Å². The van der Waals surface area contributed by atoms with Gasteiger partial charge in [0.25, 0.3) is 5.91 Å². The van der Waals surface area contributed by atoms with Gasteiger partial charge < -0.3 is 14.5 Å². The van der Waals surface area contributed by atoms with Crippen LogP contribution < -0.4 is 5.32 Å². The maximum absolute atomic E-state index is 12.7. The number of furan rings is 1. The predicted molar refractivity (Wildman–Crippen MR) is 121 cm³/mol. The van der Waals surface area contributed by atoms with Crippen LogP contribution in [0, 0.1) is 13.8 Å². The summed E-state index contributed by atoms with van der Waals surface area (Å²) in [4.78, 5) is 16.2. The first-order chi connectivity index (χ1) is 14.5. The van der Waals surface area contributed by atoms with Crippen LogP contribution >= 0.6 is 34.5 Å². The zero-order chi connectivity index (χ0) is 21.3. The molecule has 1 aromatic carbocycles. The first-order valence-corrected chi connectivity index (χ1v) is 11.2. The number of halogens is 2. The number of nitrogens with one attached hydrogen (secondary N) is 1. The SMILES string of the molecule is Cc1sc(NC(=O)c2ccco2)c([C@H](c2cccc(Cl)c2Cl)N2CCOCC2)c1C. The average molecular weight is 465 g/mol. The molecule has 1 amide bonds. The number of thiophene rings is 1. The van der Waals surface area contributed by atoms with E-state index < -0.39 is 0 Å². The van der Waals surface area contributed by atoms with E-state index in [2.05, 4.69) is 24.1 Å². The molecule has 0 radical (unpaired) electrons. The molecule has 8 heteroatoms. The van der Waals surface area contributed by atoms with Gasteiger partial charge in [-0.05, 0) is 43.2 Å². The Morgan fingerprint density at radius 3 is 2.63 bits per heavy atom. The number of benzene rings is 1. The fraction of sp³-hybridized carbons (Fsp3) is 0.318. The van der Waals surface area contributed by atoms with Crippen molar-refractivity contribution in [3.63, 3.8) is 0 Å². The molecule has 0 bridgehead atoms. The van der Waals surface area contributed by atoms with Gasteiger partial charge in [-0.2, -0.15) is 0 Å². The molecule has 30 heavy (non-hydrogen) atoms. The number of carbonyl (C=O) groups is 1. The van der Waals surface area contributed by atoms with Crippen LogP contribution in [-0.2, 0) is 4.74 Å². The fourth-order valence-corrected chi connectivity index (χ4v) is 5.24. The van der Waals surface area contributed by atoms with Crippen molar-refractivity contribution in [2.45, 2.75) is 19.9 Å². The molecule has 1 saturated heterocycles. The van der Waals surface area contributed by atoms with E-state index in [1.165, 1.54) is 6.26 Å². The lowest BCUT2D eigenvalue weighted by molar-refractivity contribution is 0.0240. The molecule has 0 aliphatic carbocycles. The van der Waals surface area contributed by atoms with Gasteiger partial charge in [-0.1, -0.05) is 35.3 Å². The van der Waals surface area contributed by atoms with Crippen LogP contribution in [0.3, 0.4) is 0 Å². The van der Waals surface area contributed by atoms with Crippen molar-refractivity contribution >= 4 is 45.4 Å². The summed E-state index contributed by atoms with van der Waals surface area (Å²) in [6.07, 6.45) is 1.49. The normalized spacial score (nSPS) is 15.9. The number of hydrogen-bond donors (Lipinski definition) is 1. The van der Waals surface area contributed by atoms with Gasteiger partial charge >= 0.3 is 0 Å². The summed E-state index contributed by atoms with van der Waals surface area (Å²) in [5, 5.41) is 4.88. The molecule has 158 valence electrons. The molecule has 0 unspecified atom stereocenters. The van der Waals surface area contributed by atoms with Gasteiger partial charge in [-0.25, -0.2) is 0 Å². The highest BCUT2D eigenvalue weighted by atomic mass is 35.5. The fourth-order valence-electron chi connectivity index (χ4n) is 3.74. The largest absolute Gasteiger partial charge is 0.459 e. The summed E-state index contributed by atoms with van der Waals surface area (Å²) in [5.41, 5.74) is 3.08. The van der Waals surface area contributed by atoms with Crippen LogP contribution in [0.5, 0.6) is 0 Å². The highest BCUT2D eigenvalue weighted by Crippen LogP contribution is 2.45. The molecule has 5 nitrogen and oxygen atoms in total. The van der Waals surface area contributed by atoms with Crippen LogP contribution in [0.1, 0.15) is 38.2 Å². The lowest BCUT2D eigenvalue weighted by atomic mass is 9.94. The van der Waals surface area contributed by atoms with Crippen molar-refractivity contribution in [1.82, 2.24) is 4.90 Å². The van der Waals surface area contributed by atoms with Gasteiger partial charge in [0.1, 0.15) is 5.00 Å². The minimum atomic E-state index is -0.277. The van der Waals surface area contributed by atoms with Crippen molar-refractivity contribution in [1.29, 1.82) is 0 Å². The summed E-state index contributed by atoms with van der Waals surface area (Å²) >= 11 is 14.6. The van der Waals surface area contributed by atoms with Crippen LogP contribution in [-0.4, -0.2) is 37.1 Å². The smallest absolute Gasteiger partial charge is 0.291 e. The molecule has 4 rings (SSSR count). The first kappa shape index (κ1) is 21.4. The molecule has 1 aliphatic heterocycles. The third-order valence-electron chi connectivity index (χ3n) is 5.36. The Labute approximate surface area is 189 Å². The van der Waals surface area contributed by atoms with E-state index in [1.807, 2.05) is 12.1 Å². The van der Waals surface area contributed by atoms with Crippen LogP contribution in [0.4, 0.5) is 5.00 Å². The van der Waals surface area contributed by atoms with Crippen molar-refractivity contribution in [2.24, 2.45) is 0 Å². The summed E-state index contributed by atoms with van der Waals surface area (Å²) in [5.74, 6) is -0.00575. The third kappa shape index (κ3) is 4.15. The highest BCUT2D eigenvalue weighted by Gasteiger charge is 2.32. The number of nitrogens with zero attached hydrogens (tertiary/aromatic N) is 1. The summed E-state index contributed by atoms with van der Waals surface area (Å²) in [6.45, 7) is 6.94. The molecular weight excluding hydrogens is 443 g/mol. The number of hydrogen-bond acceptors (Lipinski definition) is 5. The third-order valence-corrected chi connectivity index (χ3v) is 7.34. The van der Waals surface area contributed by atoms with E-state index in [1.54, 1.807) is 29.5 Å². The van der Waals surface area contributed by atoms with Crippen molar-refractivity contribution in [3.8, 4) is 0 Å². The van der Waals surface area contributed by atoms with E-state index in [0.717, 1.165) is 39.7 Å². The molecule has 1 fully saturated rings. The lowest BCUT2D eigenvalue weighted by Gasteiger charge is -2.36. The Morgan fingerprint density at radius 1 is 1.17 bits per heavy atom. The second-order valence-corrected chi connectivity index (χ2v) is 9.16. The Bertz CT molecular complexity index is 1040. The minimum Gasteiger partial charge on any atom is -0.459 e. The van der Waals surface area contributed by atoms with Gasteiger partial charge in [-0.15, -0.1) is 11.3 Å². The zero-order valence-electron chi connectivity index (χ0n) is 16.7. The quantitative estimate of drug-likeness (QED) is 0.507. The number of rotatable bonds is 5. The van der Waals surface area contributed by atoms with Crippen LogP contribution in [0.25, 0.3) is 0 Å². The van der Waals surface area contributed by atoms with E-state index in [0.29, 0.717) is 23.3 Å². The zero-order valence-corrected chi connectivity index (χ0v) is 19.0. The van der Waals surface area contributed by atoms with Crippen LogP contribution in [0.2, 0.25) is 10.0 Å². The second kappa shape index (κ2) is 9.12.